The molecule has 0 bridgehead atoms. The molecule has 4 aromatic rings. The fourth-order valence-electron chi connectivity index (χ4n) is 4.00. The first-order valence-electron chi connectivity index (χ1n) is 10.6. The van der Waals surface area contributed by atoms with Gasteiger partial charge in [0.15, 0.2) is 0 Å². The molecule has 4 aromatic heterocycles. The number of rotatable bonds is 6. The molecule has 1 saturated carbocycles. The van der Waals surface area contributed by atoms with Crippen LogP contribution in [0.1, 0.15) is 41.0 Å². The molecule has 2 N–H and O–H groups in total. The molecular formula is C23H24N6O3. The van der Waals surface area contributed by atoms with Crippen molar-refractivity contribution in [3.8, 4) is 0 Å². The average molecular weight is 432 g/mol. The van der Waals surface area contributed by atoms with Crippen molar-refractivity contribution in [3.05, 3.63) is 82.3 Å². The van der Waals surface area contributed by atoms with Crippen molar-refractivity contribution >= 4 is 17.2 Å². The smallest absolute Gasteiger partial charge is 0.270 e. The number of hydrogen-bond donors (Lipinski definition) is 2. The van der Waals surface area contributed by atoms with Gasteiger partial charge < -0.3 is 14.8 Å². The van der Waals surface area contributed by atoms with Crippen molar-refractivity contribution in [2.24, 2.45) is 0 Å². The van der Waals surface area contributed by atoms with Gasteiger partial charge in [-0.15, -0.1) is 0 Å². The first kappa shape index (κ1) is 20.3. The van der Waals surface area contributed by atoms with Gasteiger partial charge in [-0.2, -0.15) is 0 Å². The molecule has 1 aliphatic carbocycles. The molecule has 4 heterocycles. The first-order valence-corrected chi connectivity index (χ1v) is 10.6. The van der Waals surface area contributed by atoms with E-state index in [-0.39, 0.29) is 17.8 Å². The molecule has 9 nitrogen and oxygen atoms in total. The Kier molecular flexibility index (Phi) is 4.99. The van der Waals surface area contributed by atoms with Crippen LogP contribution in [0.2, 0.25) is 0 Å². The Morgan fingerprint density at radius 1 is 1.19 bits per heavy atom. The number of carbonyl (C=O) groups excluding carboxylic acids is 1. The summed E-state index contributed by atoms with van der Waals surface area (Å²) in [5, 5.41) is 13.3. The van der Waals surface area contributed by atoms with Crippen LogP contribution in [0.5, 0.6) is 0 Å². The lowest BCUT2D eigenvalue weighted by Crippen LogP contribution is -2.51. The number of pyridine rings is 2. The van der Waals surface area contributed by atoms with Crippen molar-refractivity contribution in [1.29, 1.82) is 0 Å². The highest BCUT2D eigenvalue weighted by Crippen LogP contribution is 2.34. The summed E-state index contributed by atoms with van der Waals surface area (Å²) < 4.78 is 3.30. The molecule has 1 fully saturated rings. The molecule has 1 aliphatic rings. The summed E-state index contributed by atoms with van der Waals surface area (Å²) >= 11 is 0. The largest absolute Gasteiger partial charge is 0.376 e. The predicted octanol–water partition coefficient (Wildman–Crippen LogP) is 1.58. The van der Waals surface area contributed by atoms with E-state index in [1.54, 1.807) is 24.4 Å². The van der Waals surface area contributed by atoms with Crippen LogP contribution in [-0.2, 0) is 13.1 Å². The van der Waals surface area contributed by atoms with E-state index in [4.69, 9.17) is 0 Å². The van der Waals surface area contributed by atoms with E-state index in [2.05, 4.69) is 15.3 Å². The van der Waals surface area contributed by atoms with Gasteiger partial charge in [-0.1, -0.05) is 12.1 Å². The molecule has 0 unspecified atom stereocenters. The summed E-state index contributed by atoms with van der Waals surface area (Å²) in [5.41, 5.74) is 2.01. The van der Waals surface area contributed by atoms with Crippen molar-refractivity contribution in [1.82, 2.24) is 29.0 Å². The number of nitrogens with one attached hydrogen (secondary N) is 1. The molecule has 5 rings (SSSR count). The molecule has 164 valence electrons. The monoisotopic (exact) mass is 432 g/mol. The van der Waals surface area contributed by atoms with Crippen molar-refractivity contribution < 1.29 is 9.90 Å². The highest BCUT2D eigenvalue weighted by molar-refractivity contribution is 5.92. The number of nitrogens with zero attached hydrogens (tertiary/aromatic N) is 5. The summed E-state index contributed by atoms with van der Waals surface area (Å²) in [6.45, 7) is 0.852. The Bertz CT molecular complexity index is 1370. The minimum absolute atomic E-state index is 0.0733. The summed E-state index contributed by atoms with van der Waals surface area (Å²) in [6, 6.07) is 10.3. The van der Waals surface area contributed by atoms with Crippen LogP contribution < -0.4 is 10.9 Å². The van der Waals surface area contributed by atoms with Crippen molar-refractivity contribution in [3.63, 3.8) is 0 Å². The molecule has 0 saturated heterocycles. The molecule has 0 radical (unpaired) electrons. The lowest BCUT2D eigenvalue weighted by atomic mass is 9.87. The number of fused-ring (bicyclic) bond motifs is 2. The van der Waals surface area contributed by atoms with Crippen LogP contribution in [0.4, 0.5) is 0 Å². The second kappa shape index (κ2) is 7.85. The Hall–Kier alpha value is -3.56. The van der Waals surface area contributed by atoms with Crippen LogP contribution in [-0.4, -0.2) is 47.5 Å². The van der Waals surface area contributed by atoms with Gasteiger partial charge in [0, 0.05) is 31.2 Å². The summed E-state index contributed by atoms with van der Waals surface area (Å²) in [6.07, 6.45) is 8.12. The number of imidazole rings is 1. The Morgan fingerprint density at radius 2 is 2.03 bits per heavy atom. The minimum atomic E-state index is -0.696. The first-order chi connectivity index (χ1) is 15.4. The number of hydrogen-bond acceptors (Lipinski definition) is 6. The van der Waals surface area contributed by atoms with Crippen molar-refractivity contribution in [2.45, 2.75) is 38.1 Å². The number of aromatic nitrogens is 4. The van der Waals surface area contributed by atoms with E-state index >= 15 is 0 Å². The van der Waals surface area contributed by atoms with E-state index in [1.807, 2.05) is 40.9 Å². The SMILES string of the molecule is CN(Cc1ccc2nc(CNC(=O)c3cc(=O)n4ccccc4n3)cn2c1)C1(O)CCC1. The van der Waals surface area contributed by atoms with Crippen LogP contribution in [0.25, 0.3) is 11.3 Å². The lowest BCUT2D eigenvalue weighted by molar-refractivity contribution is -0.155. The maximum absolute atomic E-state index is 12.5. The van der Waals surface area contributed by atoms with Gasteiger partial charge in [-0.05, 0) is 50.1 Å². The quantitative estimate of drug-likeness (QED) is 0.448. The summed E-state index contributed by atoms with van der Waals surface area (Å²) in [4.78, 5) is 35.5. The fraction of sp³-hybridized carbons (Fsp3) is 0.304. The van der Waals surface area contributed by atoms with Gasteiger partial charge in [0.25, 0.3) is 11.5 Å². The molecule has 0 aliphatic heterocycles. The van der Waals surface area contributed by atoms with Crippen LogP contribution in [0.15, 0.2) is 59.8 Å². The standard InChI is InChI=1S/C23H24N6O3/c1-27(23(32)8-4-9-23)13-16-6-7-19-25-17(15-28(19)14-16)12-24-22(31)18-11-21(30)29-10-3-2-5-20(29)26-18/h2-3,5-7,10-11,14-15,32H,4,8-9,12-13H2,1H3,(H,24,31). The van der Waals surface area contributed by atoms with Gasteiger partial charge in [0.05, 0.1) is 12.2 Å². The maximum Gasteiger partial charge on any atom is 0.270 e. The Labute approximate surface area is 184 Å². The Morgan fingerprint density at radius 3 is 2.81 bits per heavy atom. The second-order valence-electron chi connectivity index (χ2n) is 8.32. The highest BCUT2D eigenvalue weighted by atomic mass is 16.3. The zero-order valence-electron chi connectivity index (χ0n) is 17.7. The van der Waals surface area contributed by atoms with E-state index in [1.165, 1.54) is 10.5 Å². The van der Waals surface area contributed by atoms with Gasteiger partial charge in [-0.25, -0.2) is 9.97 Å². The maximum atomic E-state index is 12.5. The van der Waals surface area contributed by atoms with Gasteiger partial charge in [0.1, 0.15) is 22.7 Å². The minimum Gasteiger partial charge on any atom is -0.376 e. The van der Waals surface area contributed by atoms with Crippen LogP contribution in [0, 0.1) is 0 Å². The van der Waals surface area contributed by atoms with E-state index < -0.39 is 11.6 Å². The zero-order valence-corrected chi connectivity index (χ0v) is 17.7. The average Bonchev–Trinajstić information content (AvgIpc) is 3.18. The van der Waals surface area contributed by atoms with Gasteiger partial charge in [0.2, 0.25) is 0 Å². The molecule has 32 heavy (non-hydrogen) atoms. The predicted molar refractivity (Wildman–Crippen MR) is 118 cm³/mol. The molecule has 9 heteroatoms. The normalized spacial score (nSPS) is 15.2. The molecular weight excluding hydrogens is 408 g/mol. The summed E-state index contributed by atoms with van der Waals surface area (Å²) in [7, 11) is 1.94. The van der Waals surface area contributed by atoms with Gasteiger partial charge in [-0.3, -0.25) is 18.9 Å². The Balaban J connectivity index is 1.28. The van der Waals surface area contributed by atoms with E-state index in [0.717, 1.165) is 30.5 Å². The third kappa shape index (κ3) is 3.76. The van der Waals surface area contributed by atoms with Crippen molar-refractivity contribution in [2.75, 3.05) is 7.05 Å². The highest BCUT2D eigenvalue weighted by Gasteiger charge is 2.38. The number of aliphatic hydroxyl groups is 1. The molecule has 0 atom stereocenters. The van der Waals surface area contributed by atoms with E-state index in [9.17, 15) is 14.7 Å². The molecule has 0 spiro atoms. The van der Waals surface area contributed by atoms with E-state index in [0.29, 0.717) is 17.9 Å². The lowest BCUT2D eigenvalue weighted by Gasteiger charge is -2.44. The number of amides is 1. The molecule has 0 aromatic carbocycles. The van der Waals surface area contributed by atoms with Crippen LogP contribution >= 0.6 is 0 Å². The molecule has 1 amide bonds. The second-order valence-corrected chi connectivity index (χ2v) is 8.32. The third-order valence-electron chi connectivity index (χ3n) is 6.08. The van der Waals surface area contributed by atoms with Crippen LogP contribution in [0.3, 0.4) is 0 Å². The fourth-order valence-corrected chi connectivity index (χ4v) is 4.00. The number of carbonyl (C=O) groups is 1. The third-order valence-corrected chi connectivity index (χ3v) is 6.08. The summed E-state index contributed by atoms with van der Waals surface area (Å²) in [5.74, 6) is -0.429. The topological polar surface area (TPSA) is 104 Å². The van der Waals surface area contributed by atoms with Gasteiger partial charge >= 0.3 is 0 Å². The zero-order chi connectivity index (χ0) is 22.3.